The average Bonchev–Trinajstić information content (AvgIpc) is 2.46. The van der Waals surface area contributed by atoms with Crippen molar-refractivity contribution in [1.82, 2.24) is 9.80 Å². The predicted octanol–water partition coefficient (Wildman–Crippen LogP) is 3.39. The Kier molecular flexibility index (Phi) is 6.09. The number of amides is 1. The molecule has 0 aromatic heterocycles. The minimum Gasteiger partial charge on any atom is -0.340 e. The van der Waals surface area contributed by atoms with Gasteiger partial charge in [-0.25, -0.2) is 0 Å². The lowest BCUT2D eigenvalue weighted by Crippen LogP contribution is -2.54. The first-order valence-corrected chi connectivity index (χ1v) is 8.99. The molecule has 3 heteroatoms. The molecule has 0 radical (unpaired) electrons. The van der Waals surface area contributed by atoms with Crippen molar-refractivity contribution in [2.45, 2.75) is 65.8 Å². The Balaban J connectivity index is 1.76. The predicted molar refractivity (Wildman–Crippen MR) is 88.2 cm³/mol. The molecule has 0 unspecified atom stereocenters. The molecule has 0 atom stereocenters. The highest BCUT2D eigenvalue weighted by Gasteiger charge is 2.31. The van der Waals surface area contributed by atoms with Crippen LogP contribution >= 0.6 is 0 Å². The first-order chi connectivity index (χ1) is 9.97. The van der Waals surface area contributed by atoms with Crippen LogP contribution < -0.4 is 0 Å². The molecule has 1 saturated carbocycles. The fourth-order valence-electron chi connectivity index (χ4n) is 3.82. The van der Waals surface area contributed by atoms with Gasteiger partial charge in [0.15, 0.2) is 0 Å². The molecule has 0 aromatic rings. The van der Waals surface area contributed by atoms with Crippen molar-refractivity contribution in [3.8, 4) is 0 Å². The molecule has 2 fully saturated rings. The van der Waals surface area contributed by atoms with Gasteiger partial charge in [-0.05, 0) is 49.9 Å². The minimum absolute atomic E-state index is 0.355. The molecule has 0 N–H and O–H groups in total. The number of piperazine rings is 1. The number of hydrogen-bond donors (Lipinski definition) is 0. The highest BCUT2D eigenvalue weighted by molar-refractivity contribution is 5.79. The van der Waals surface area contributed by atoms with Crippen LogP contribution in [0, 0.1) is 17.8 Å². The first-order valence-electron chi connectivity index (χ1n) is 8.99. The molecule has 1 saturated heterocycles. The topological polar surface area (TPSA) is 23.6 Å². The van der Waals surface area contributed by atoms with E-state index in [9.17, 15) is 4.79 Å². The van der Waals surface area contributed by atoms with E-state index in [1.165, 1.54) is 25.7 Å². The Morgan fingerprint density at radius 2 is 1.71 bits per heavy atom. The van der Waals surface area contributed by atoms with Gasteiger partial charge in [0.2, 0.25) is 5.91 Å². The lowest BCUT2D eigenvalue weighted by Gasteiger charge is -2.42. The Morgan fingerprint density at radius 1 is 1.05 bits per heavy atom. The van der Waals surface area contributed by atoms with E-state index in [-0.39, 0.29) is 0 Å². The number of carbonyl (C=O) groups is 1. The molecule has 122 valence electrons. The number of nitrogens with zero attached hydrogens (tertiary/aromatic N) is 2. The molecule has 1 aliphatic carbocycles. The van der Waals surface area contributed by atoms with Gasteiger partial charge in [0, 0.05) is 25.7 Å². The summed E-state index contributed by atoms with van der Waals surface area (Å²) in [7, 11) is 0. The standard InChI is InChI=1S/C18H34N2O/c1-14(2)9-10-19-11-12-20(13-18(19)21)17-7-5-16(6-8-17)15(3)4/h14-17H,5-13H2,1-4H3. The molecule has 0 bridgehead atoms. The molecule has 1 amide bonds. The summed E-state index contributed by atoms with van der Waals surface area (Å²) in [5.74, 6) is 2.76. The van der Waals surface area contributed by atoms with Gasteiger partial charge in [-0.15, -0.1) is 0 Å². The van der Waals surface area contributed by atoms with Gasteiger partial charge in [0.1, 0.15) is 0 Å². The van der Waals surface area contributed by atoms with Crippen molar-refractivity contribution in [1.29, 1.82) is 0 Å². The smallest absolute Gasteiger partial charge is 0.236 e. The molecule has 2 rings (SSSR count). The number of rotatable bonds is 5. The van der Waals surface area contributed by atoms with Gasteiger partial charge in [0.05, 0.1) is 6.54 Å². The zero-order valence-electron chi connectivity index (χ0n) is 14.5. The van der Waals surface area contributed by atoms with Crippen molar-refractivity contribution in [2.75, 3.05) is 26.2 Å². The number of carbonyl (C=O) groups excluding carboxylic acids is 1. The van der Waals surface area contributed by atoms with Gasteiger partial charge in [0.25, 0.3) is 0 Å². The zero-order valence-corrected chi connectivity index (χ0v) is 14.5. The van der Waals surface area contributed by atoms with Crippen molar-refractivity contribution in [3.05, 3.63) is 0 Å². The van der Waals surface area contributed by atoms with Crippen molar-refractivity contribution in [2.24, 2.45) is 17.8 Å². The maximum Gasteiger partial charge on any atom is 0.236 e. The maximum absolute atomic E-state index is 12.3. The van der Waals surface area contributed by atoms with Crippen LogP contribution in [-0.4, -0.2) is 47.9 Å². The molecule has 3 nitrogen and oxygen atoms in total. The number of hydrogen-bond acceptors (Lipinski definition) is 2. The van der Waals surface area contributed by atoms with Gasteiger partial charge in [-0.3, -0.25) is 9.69 Å². The quantitative estimate of drug-likeness (QED) is 0.776. The van der Waals surface area contributed by atoms with Crippen LogP contribution in [0.25, 0.3) is 0 Å². The Bertz CT molecular complexity index is 332. The Labute approximate surface area is 131 Å². The summed E-state index contributed by atoms with van der Waals surface area (Å²) >= 11 is 0. The van der Waals surface area contributed by atoms with Crippen molar-refractivity contribution >= 4 is 5.91 Å². The van der Waals surface area contributed by atoms with E-state index in [0.717, 1.165) is 37.9 Å². The summed E-state index contributed by atoms with van der Waals surface area (Å²) in [4.78, 5) is 16.9. The Hall–Kier alpha value is -0.570. The van der Waals surface area contributed by atoms with Crippen LogP contribution in [0.3, 0.4) is 0 Å². The van der Waals surface area contributed by atoms with Crippen LogP contribution in [0.5, 0.6) is 0 Å². The van der Waals surface area contributed by atoms with E-state index in [1.54, 1.807) is 0 Å². The second-order valence-electron chi connectivity index (χ2n) is 7.85. The van der Waals surface area contributed by atoms with Crippen molar-refractivity contribution < 1.29 is 4.79 Å². The highest BCUT2D eigenvalue weighted by Crippen LogP contribution is 2.32. The van der Waals surface area contributed by atoms with Crippen LogP contribution in [-0.2, 0) is 4.79 Å². The second-order valence-corrected chi connectivity index (χ2v) is 7.85. The van der Waals surface area contributed by atoms with E-state index in [4.69, 9.17) is 0 Å². The largest absolute Gasteiger partial charge is 0.340 e. The first kappa shape index (κ1) is 16.8. The third kappa shape index (κ3) is 4.70. The summed E-state index contributed by atoms with van der Waals surface area (Å²) in [6, 6.07) is 0.663. The lowest BCUT2D eigenvalue weighted by molar-refractivity contribution is -0.137. The van der Waals surface area contributed by atoms with Gasteiger partial charge >= 0.3 is 0 Å². The third-order valence-electron chi connectivity index (χ3n) is 5.53. The monoisotopic (exact) mass is 294 g/mol. The third-order valence-corrected chi connectivity index (χ3v) is 5.53. The SMILES string of the molecule is CC(C)CCN1CCN(C2CCC(C(C)C)CC2)CC1=O. The zero-order chi connectivity index (χ0) is 15.4. The van der Waals surface area contributed by atoms with Crippen molar-refractivity contribution in [3.63, 3.8) is 0 Å². The summed E-state index contributed by atoms with van der Waals surface area (Å²) in [6.07, 6.45) is 6.42. The molecule has 1 heterocycles. The summed E-state index contributed by atoms with van der Waals surface area (Å²) in [5, 5.41) is 0. The van der Waals surface area contributed by atoms with Gasteiger partial charge in [-0.1, -0.05) is 27.7 Å². The molecular formula is C18H34N2O. The van der Waals surface area contributed by atoms with E-state index in [1.807, 2.05) is 0 Å². The fraction of sp³-hybridized carbons (Fsp3) is 0.944. The second kappa shape index (κ2) is 7.62. The molecular weight excluding hydrogens is 260 g/mol. The van der Waals surface area contributed by atoms with E-state index < -0.39 is 0 Å². The van der Waals surface area contributed by atoms with E-state index in [0.29, 0.717) is 24.4 Å². The molecule has 0 aromatic carbocycles. The molecule has 0 spiro atoms. The summed E-state index contributed by atoms with van der Waals surface area (Å²) < 4.78 is 0. The summed E-state index contributed by atoms with van der Waals surface area (Å²) in [5.41, 5.74) is 0. The van der Waals surface area contributed by atoms with Crippen LogP contribution in [0.4, 0.5) is 0 Å². The minimum atomic E-state index is 0.355. The Morgan fingerprint density at radius 3 is 2.24 bits per heavy atom. The van der Waals surface area contributed by atoms with E-state index in [2.05, 4.69) is 37.5 Å². The molecule has 1 aliphatic heterocycles. The van der Waals surface area contributed by atoms with E-state index >= 15 is 0 Å². The maximum atomic E-state index is 12.3. The van der Waals surface area contributed by atoms with Gasteiger partial charge in [-0.2, -0.15) is 0 Å². The normalized spacial score (nSPS) is 28.7. The average molecular weight is 294 g/mol. The lowest BCUT2D eigenvalue weighted by atomic mass is 9.79. The fourth-order valence-corrected chi connectivity index (χ4v) is 3.82. The summed E-state index contributed by atoms with van der Waals surface area (Å²) in [6.45, 7) is 12.8. The van der Waals surface area contributed by atoms with Gasteiger partial charge < -0.3 is 4.90 Å². The highest BCUT2D eigenvalue weighted by atomic mass is 16.2. The molecule has 2 aliphatic rings. The van der Waals surface area contributed by atoms with Crippen LogP contribution in [0.15, 0.2) is 0 Å². The van der Waals surface area contributed by atoms with Crippen LogP contribution in [0.2, 0.25) is 0 Å². The molecule has 21 heavy (non-hydrogen) atoms. The van der Waals surface area contributed by atoms with Crippen LogP contribution in [0.1, 0.15) is 59.8 Å².